The quantitative estimate of drug-likeness (QED) is 0.752. The number of likely N-dealkylation sites (tertiary alicyclic amines) is 1. The molecule has 8 heteroatoms. The van der Waals surface area contributed by atoms with Gasteiger partial charge < -0.3 is 20.1 Å². The third-order valence-corrected chi connectivity index (χ3v) is 5.26. The minimum Gasteiger partial charge on any atom is -0.473 e. The second-order valence-corrected chi connectivity index (χ2v) is 7.36. The van der Waals surface area contributed by atoms with Crippen molar-refractivity contribution in [2.75, 3.05) is 25.5 Å². The lowest BCUT2D eigenvalue weighted by Gasteiger charge is -2.28. The summed E-state index contributed by atoms with van der Waals surface area (Å²) < 4.78 is 5.98. The van der Waals surface area contributed by atoms with E-state index in [1.807, 2.05) is 6.07 Å². The van der Waals surface area contributed by atoms with Crippen LogP contribution < -0.4 is 10.1 Å². The van der Waals surface area contributed by atoms with Crippen molar-refractivity contribution >= 4 is 11.6 Å². The molecule has 1 aliphatic heterocycles. The fraction of sp³-hybridized carbons (Fsp3) is 0.611. The van der Waals surface area contributed by atoms with Gasteiger partial charge >= 0.3 is 0 Å². The van der Waals surface area contributed by atoms with Crippen LogP contribution in [0.3, 0.4) is 0 Å². The van der Waals surface area contributed by atoms with Crippen molar-refractivity contribution in [3.8, 4) is 5.88 Å². The number of hydrogen-bond acceptors (Lipinski definition) is 7. The van der Waals surface area contributed by atoms with E-state index in [0.29, 0.717) is 23.4 Å². The Morgan fingerprint density at radius 1 is 1.19 bits per heavy atom. The SMILES string of the molecule is CN1CCC(Oc2cncc(Nc3cc([C@H]4CC[C@@H](O)C4)[nH]n3)n2)CC1. The van der Waals surface area contributed by atoms with Gasteiger partial charge in [0, 0.05) is 30.8 Å². The second-order valence-electron chi connectivity index (χ2n) is 7.36. The molecule has 1 aliphatic carbocycles. The first-order valence-electron chi connectivity index (χ1n) is 9.33. The molecule has 8 nitrogen and oxygen atoms in total. The lowest BCUT2D eigenvalue weighted by molar-refractivity contribution is 0.110. The zero-order chi connectivity index (χ0) is 17.9. The monoisotopic (exact) mass is 358 g/mol. The Morgan fingerprint density at radius 2 is 2.04 bits per heavy atom. The highest BCUT2D eigenvalue weighted by Crippen LogP contribution is 2.34. The molecular weight excluding hydrogens is 332 g/mol. The Labute approximate surface area is 153 Å². The third kappa shape index (κ3) is 4.13. The number of nitrogens with zero attached hydrogens (tertiary/aromatic N) is 4. The minimum atomic E-state index is -0.195. The smallest absolute Gasteiger partial charge is 0.234 e. The highest BCUT2D eigenvalue weighted by molar-refractivity contribution is 5.51. The van der Waals surface area contributed by atoms with Gasteiger partial charge in [-0.05, 0) is 39.2 Å². The summed E-state index contributed by atoms with van der Waals surface area (Å²) in [5, 5.41) is 20.2. The Bertz CT molecular complexity index is 728. The fourth-order valence-corrected chi connectivity index (χ4v) is 3.72. The van der Waals surface area contributed by atoms with E-state index >= 15 is 0 Å². The zero-order valence-corrected chi connectivity index (χ0v) is 15.1. The summed E-state index contributed by atoms with van der Waals surface area (Å²) in [6.07, 6.45) is 7.96. The topological polar surface area (TPSA) is 99.2 Å². The number of anilines is 2. The van der Waals surface area contributed by atoms with Crippen LogP contribution >= 0.6 is 0 Å². The number of ether oxygens (including phenoxy) is 1. The van der Waals surface area contributed by atoms with E-state index in [2.05, 4.69) is 37.4 Å². The van der Waals surface area contributed by atoms with Crippen LogP contribution in [0.25, 0.3) is 0 Å². The van der Waals surface area contributed by atoms with Crippen molar-refractivity contribution < 1.29 is 9.84 Å². The van der Waals surface area contributed by atoms with Gasteiger partial charge in [-0.3, -0.25) is 10.1 Å². The van der Waals surface area contributed by atoms with E-state index in [9.17, 15) is 5.11 Å². The normalized spacial score (nSPS) is 24.7. The number of piperidine rings is 1. The third-order valence-electron chi connectivity index (χ3n) is 5.26. The molecule has 1 saturated heterocycles. The van der Waals surface area contributed by atoms with Crippen molar-refractivity contribution in [2.24, 2.45) is 0 Å². The molecule has 2 aromatic rings. The number of aromatic nitrogens is 4. The van der Waals surface area contributed by atoms with E-state index in [1.165, 1.54) is 0 Å². The lowest BCUT2D eigenvalue weighted by atomic mass is 10.0. The standard InChI is InChI=1S/C18H26N6O2/c1-24-6-4-14(5-7-24)26-18-11-19-10-17(21-18)20-16-9-15(22-23-16)12-2-3-13(25)8-12/h9-14,25H,2-8H2,1H3,(H2,20,21,22,23)/t12-,13+/m0/s1. The Morgan fingerprint density at radius 3 is 2.81 bits per heavy atom. The molecule has 0 amide bonds. The molecule has 2 atom stereocenters. The van der Waals surface area contributed by atoms with Gasteiger partial charge in [0.1, 0.15) is 6.10 Å². The van der Waals surface area contributed by atoms with E-state index in [1.54, 1.807) is 12.4 Å². The van der Waals surface area contributed by atoms with Gasteiger partial charge in [0.05, 0.1) is 18.5 Å². The molecule has 2 aliphatic rings. The molecule has 3 heterocycles. The van der Waals surface area contributed by atoms with Gasteiger partial charge in [0.15, 0.2) is 11.6 Å². The van der Waals surface area contributed by atoms with E-state index in [4.69, 9.17) is 4.74 Å². The first-order chi connectivity index (χ1) is 12.7. The summed E-state index contributed by atoms with van der Waals surface area (Å²) in [7, 11) is 2.13. The maximum Gasteiger partial charge on any atom is 0.234 e. The number of nitrogens with one attached hydrogen (secondary N) is 2. The van der Waals surface area contributed by atoms with Crippen molar-refractivity contribution in [2.45, 2.75) is 50.2 Å². The van der Waals surface area contributed by atoms with Crippen LogP contribution in [0, 0.1) is 0 Å². The van der Waals surface area contributed by atoms with Crippen LogP contribution in [-0.4, -0.2) is 62.5 Å². The average molecular weight is 358 g/mol. The summed E-state index contributed by atoms with van der Waals surface area (Å²) in [6.45, 7) is 2.09. The number of aliphatic hydroxyl groups is 1. The molecule has 0 unspecified atom stereocenters. The molecule has 0 radical (unpaired) electrons. The fourth-order valence-electron chi connectivity index (χ4n) is 3.72. The predicted molar refractivity (Wildman–Crippen MR) is 97.6 cm³/mol. The minimum absolute atomic E-state index is 0.195. The molecule has 0 bridgehead atoms. The van der Waals surface area contributed by atoms with Crippen LogP contribution in [0.15, 0.2) is 18.5 Å². The predicted octanol–water partition coefficient (Wildman–Crippen LogP) is 2.04. The Hall–Kier alpha value is -2.19. The molecular formula is C18H26N6O2. The number of hydrogen-bond donors (Lipinski definition) is 3. The van der Waals surface area contributed by atoms with E-state index in [0.717, 1.165) is 50.9 Å². The molecule has 0 spiro atoms. The number of rotatable bonds is 5. The molecule has 4 rings (SSSR count). The molecule has 26 heavy (non-hydrogen) atoms. The Kier molecular flexibility index (Phi) is 5.03. The maximum absolute atomic E-state index is 9.70. The number of aliphatic hydroxyl groups excluding tert-OH is 1. The van der Waals surface area contributed by atoms with Gasteiger partial charge in [-0.25, -0.2) is 0 Å². The summed E-state index contributed by atoms with van der Waals surface area (Å²) in [5.74, 6) is 2.20. The second kappa shape index (κ2) is 7.59. The lowest BCUT2D eigenvalue weighted by Crippen LogP contribution is -2.35. The van der Waals surface area contributed by atoms with E-state index in [-0.39, 0.29) is 12.2 Å². The maximum atomic E-state index is 9.70. The summed E-state index contributed by atoms with van der Waals surface area (Å²) >= 11 is 0. The zero-order valence-electron chi connectivity index (χ0n) is 15.1. The van der Waals surface area contributed by atoms with Crippen molar-refractivity contribution in [3.05, 3.63) is 24.2 Å². The van der Waals surface area contributed by atoms with Crippen LogP contribution in [-0.2, 0) is 0 Å². The average Bonchev–Trinajstić information content (AvgIpc) is 3.26. The van der Waals surface area contributed by atoms with Gasteiger partial charge in [0.25, 0.3) is 0 Å². The molecule has 3 N–H and O–H groups in total. The molecule has 1 saturated carbocycles. The highest BCUT2D eigenvalue weighted by Gasteiger charge is 2.25. The first kappa shape index (κ1) is 17.2. The van der Waals surface area contributed by atoms with Gasteiger partial charge in [0.2, 0.25) is 5.88 Å². The summed E-state index contributed by atoms with van der Waals surface area (Å²) in [4.78, 5) is 11.0. The van der Waals surface area contributed by atoms with E-state index < -0.39 is 0 Å². The van der Waals surface area contributed by atoms with Crippen LogP contribution in [0.1, 0.15) is 43.7 Å². The largest absolute Gasteiger partial charge is 0.473 e. The van der Waals surface area contributed by atoms with Gasteiger partial charge in [-0.15, -0.1) is 0 Å². The first-order valence-corrected chi connectivity index (χ1v) is 9.33. The Balaban J connectivity index is 1.37. The molecule has 0 aromatic carbocycles. The van der Waals surface area contributed by atoms with Crippen LogP contribution in [0.2, 0.25) is 0 Å². The van der Waals surface area contributed by atoms with Gasteiger partial charge in [-0.2, -0.15) is 10.1 Å². The highest BCUT2D eigenvalue weighted by atomic mass is 16.5. The number of H-pyrrole nitrogens is 1. The molecule has 2 fully saturated rings. The van der Waals surface area contributed by atoms with Crippen molar-refractivity contribution in [1.29, 1.82) is 0 Å². The number of aromatic amines is 1. The summed E-state index contributed by atoms with van der Waals surface area (Å²) in [5.41, 5.74) is 1.05. The van der Waals surface area contributed by atoms with Crippen LogP contribution in [0.5, 0.6) is 5.88 Å². The molecule has 140 valence electrons. The van der Waals surface area contributed by atoms with Crippen LogP contribution in [0.4, 0.5) is 11.6 Å². The molecule has 2 aromatic heterocycles. The van der Waals surface area contributed by atoms with Crippen molar-refractivity contribution in [1.82, 2.24) is 25.1 Å². The van der Waals surface area contributed by atoms with Gasteiger partial charge in [-0.1, -0.05) is 0 Å². The van der Waals surface area contributed by atoms with Crippen molar-refractivity contribution in [3.63, 3.8) is 0 Å². The summed E-state index contributed by atoms with van der Waals surface area (Å²) in [6, 6.07) is 1.98.